The molecule has 8 nitrogen and oxygen atoms in total. The molecule has 3 fully saturated rings. The topological polar surface area (TPSA) is 94.4 Å². The Balaban J connectivity index is 1.23. The summed E-state index contributed by atoms with van der Waals surface area (Å²) in [5, 5.41) is 9.02. The lowest BCUT2D eigenvalue weighted by Gasteiger charge is -2.43. The quantitative estimate of drug-likeness (QED) is 0.809. The van der Waals surface area contributed by atoms with Crippen molar-refractivity contribution in [2.24, 2.45) is 5.92 Å². The highest BCUT2D eigenvalue weighted by Crippen LogP contribution is 2.36. The van der Waals surface area contributed by atoms with Crippen molar-refractivity contribution in [1.29, 1.82) is 5.26 Å². The molecule has 0 spiro atoms. The molecule has 3 saturated heterocycles. The molecule has 0 aliphatic carbocycles. The van der Waals surface area contributed by atoms with E-state index in [0.29, 0.717) is 36.9 Å². The number of rotatable bonds is 3. The predicted molar refractivity (Wildman–Crippen MR) is 112 cm³/mol. The van der Waals surface area contributed by atoms with E-state index in [1.165, 1.54) is 0 Å². The van der Waals surface area contributed by atoms with Gasteiger partial charge in [-0.25, -0.2) is 0 Å². The van der Waals surface area contributed by atoms with Crippen LogP contribution in [-0.2, 0) is 17.8 Å². The number of nitrogens with zero attached hydrogens (tertiary/aromatic N) is 4. The summed E-state index contributed by atoms with van der Waals surface area (Å²) >= 11 is 0. The molecular weight excluding hydrogens is 394 g/mol. The van der Waals surface area contributed by atoms with Gasteiger partial charge in [-0.1, -0.05) is 0 Å². The summed E-state index contributed by atoms with van der Waals surface area (Å²) in [6.45, 7) is 4.43. The first-order chi connectivity index (χ1) is 15.1. The fourth-order valence-corrected chi connectivity index (χ4v) is 5.99. The fourth-order valence-electron chi connectivity index (χ4n) is 5.99. The summed E-state index contributed by atoms with van der Waals surface area (Å²) in [5.74, 6) is 0.532. The van der Waals surface area contributed by atoms with Crippen LogP contribution in [0.25, 0.3) is 0 Å². The minimum Gasteiger partial charge on any atom is -0.374 e. The SMILES string of the molecule is N#Cc1cc(CN2C[C@@H]3C[C@H](C2)c2ccc(C(=O)N4C[C@H]5C[C@@H]4CO5)c(=O)n2C3)c[nH]1. The van der Waals surface area contributed by atoms with Crippen molar-refractivity contribution in [2.75, 3.05) is 26.2 Å². The first kappa shape index (κ1) is 18.8. The number of piperidine rings is 1. The number of amides is 1. The Bertz CT molecular complexity index is 1140. The number of carbonyl (C=O) groups is 1. The molecule has 160 valence electrons. The highest BCUT2D eigenvalue weighted by Gasteiger charge is 2.43. The van der Waals surface area contributed by atoms with E-state index >= 15 is 0 Å². The zero-order valence-corrected chi connectivity index (χ0v) is 17.3. The Labute approximate surface area is 180 Å². The van der Waals surface area contributed by atoms with Crippen LogP contribution in [0.5, 0.6) is 0 Å². The lowest BCUT2D eigenvalue weighted by atomic mass is 9.83. The molecule has 0 radical (unpaired) electrons. The molecule has 1 N–H and O–H groups in total. The number of aromatic nitrogens is 2. The van der Waals surface area contributed by atoms with E-state index in [-0.39, 0.29) is 29.5 Å². The molecule has 0 saturated carbocycles. The summed E-state index contributed by atoms with van der Waals surface area (Å²) in [5.41, 5.74) is 2.89. The molecule has 4 aliphatic rings. The summed E-state index contributed by atoms with van der Waals surface area (Å²) in [6, 6.07) is 7.89. The molecule has 2 aromatic rings. The Kier molecular flexibility index (Phi) is 4.30. The molecule has 4 bridgehead atoms. The smallest absolute Gasteiger partial charge is 0.263 e. The van der Waals surface area contributed by atoms with Gasteiger partial charge in [0.15, 0.2) is 0 Å². The number of ether oxygens (including phenoxy) is 1. The van der Waals surface area contributed by atoms with E-state index in [1.807, 2.05) is 27.8 Å². The minimum absolute atomic E-state index is 0.112. The van der Waals surface area contributed by atoms with E-state index < -0.39 is 0 Å². The lowest BCUT2D eigenvalue weighted by Crippen LogP contribution is -2.48. The van der Waals surface area contributed by atoms with Crippen LogP contribution in [0.15, 0.2) is 29.2 Å². The third kappa shape index (κ3) is 3.11. The zero-order chi connectivity index (χ0) is 21.1. The Morgan fingerprint density at radius 2 is 2.13 bits per heavy atom. The van der Waals surface area contributed by atoms with Gasteiger partial charge in [0.05, 0.1) is 18.8 Å². The van der Waals surface area contributed by atoms with Gasteiger partial charge in [0, 0.05) is 50.5 Å². The van der Waals surface area contributed by atoms with Crippen molar-refractivity contribution < 1.29 is 9.53 Å². The number of H-pyrrole nitrogens is 1. The van der Waals surface area contributed by atoms with Gasteiger partial charge in [-0.15, -0.1) is 0 Å². The van der Waals surface area contributed by atoms with E-state index in [4.69, 9.17) is 10.00 Å². The first-order valence-corrected chi connectivity index (χ1v) is 11.0. The van der Waals surface area contributed by atoms with E-state index in [2.05, 4.69) is 16.0 Å². The van der Waals surface area contributed by atoms with Gasteiger partial charge in [-0.05, 0) is 42.5 Å². The molecule has 0 unspecified atom stereocenters. The average Bonchev–Trinajstić information content (AvgIpc) is 3.51. The molecular formula is C23H25N5O3. The van der Waals surface area contributed by atoms with Gasteiger partial charge in [-0.3, -0.25) is 14.5 Å². The molecule has 2 aromatic heterocycles. The maximum atomic E-state index is 13.3. The second-order valence-electron chi connectivity index (χ2n) is 9.42. The number of hydrogen-bond donors (Lipinski definition) is 1. The van der Waals surface area contributed by atoms with Gasteiger partial charge in [0.2, 0.25) is 0 Å². The Morgan fingerprint density at radius 3 is 2.87 bits per heavy atom. The molecule has 6 rings (SSSR count). The molecule has 4 aliphatic heterocycles. The van der Waals surface area contributed by atoms with Crippen molar-refractivity contribution >= 4 is 5.91 Å². The Morgan fingerprint density at radius 1 is 1.23 bits per heavy atom. The number of nitriles is 1. The van der Waals surface area contributed by atoms with E-state index in [1.54, 1.807) is 6.07 Å². The zero-order valence-electron chi connectivity index (χ0n) is 17.3. The van der Waals surface area contributed by atoms with Gasteiger partial charge >= 0.3 is 0 Å². The van der Waals surface area contributed by atoms with Crippen molar-refractivity contribution in [3.8, 4) is 6.07 Å². The van der Waals surface area contributed by atoms with E-state index in [9.17, 15) is 9.59 Å². The highest BCUT2D eigenvalue weighted by molar-refractivity contribution is 5.94. The van der Waals surface area contributed by atoms with E-state index in [0.717, 1.165) is 43.7 Å². The maximum Gasteiger partial charge on any atom is 0.263 e. The van der Waals surface area contributed by atoms with Crippen LogP contribution >= 0.6 is 0 Å². The summed E-state index contributed by atoms with van der Waals surface area (Å²) < 4.78 is 7.46. The van der Waals surface area contributed by atoms with Crippen LogP contribution in [0.1, 0.15) is 46.1 Å². The minimum atomic E-state index is -0.144. The lowest BCUT2D eigenvalue weighted by molar-refractivity contribution is 0.0257. The first-order valence-electron chi connectivity index (χ1n) is 11.0. The number of likely N-dealkylation sites (tertiary alicyclic amines) is 2. The van der Waals surface area contributed by atoms with Gasteiger partial charge in [-0.2, -0.15) is 5.26 Å². The Hall–Kier alpha value is -2.89. The van der Waals surface area contributed by atoms with Crippen molar-refractivity contribution in [3.63, 3.8) is 0 Å². The van der Waals surface area contributed by atoms with Crippen LogP contribution in [0.4, 0.5) is 0 Å². The monoisotopic (exact) mass is 419 g/mol. The summed E-state index contributed by atoms with van der Waals surface area (Å²) in [6.07, 6.45) is 3.99. The normalized spacial score (nSPS) is 29.1. The molecule has 1 amide bonds. The largest absolute Gasteiger partial charge is 0.374 e. The van der Waals surface area contributed by atoms with Crippen LogP contribution in [0.2, 0.25) is 0 Å². The molecule has 6 heterocycles. The number of nitrogens with one attached hydrogen (secondary N) is 1. The van der Waals surface area contributed by atoms with Gasteiger partial charge in [0.1, 0.15) is 17.3 Å². The van der Waals surface area contributed by atoms with Crippen LogP contribution in [0, 0.1) is 17.2 Å². The number of pyridine rings is 1. The molecule has 0 aromatic carbocycles. The number of carbonyl (C=O) groups excluding carboxylic acids is 1. The standard InChI is InChI=1S/C23H25N5O3/c24-6-17-4-14(7-25-17)8-26-9-15-3-16(11-26)21-2-1-20(23(30)28(21)10-15)22(29)27-12-19-5-18(27)13-31-19/h1-2,4,7,15-16,18-19,25H,3,5,8-13H2/t15-,16+,18+,19+/m0/s1. The third-order valence-electron chi connectivity index (χ3n) is 7.34. The fraction of sp³-hybridized carbons (Fsp3) is 0.522. The van der Waals surface area contributed by atoms with Crippen molar-refractivity contribution in [2.45, 2.75) is 44.0 Å². The maximum absolute atomic E-state index is 13.3. The third-order valence-corrected chi connectivity index (χ3v) is 7.34. The predicted octanol–water partition coefficient (Wildman–Crippen LogP) is 1.28. The van der Waals surface area contributed by atoms with Crippen molar-refractivity contribution in [1.82, 2.24) is 19.4 Å². The number of morpholine rings is 1. The number of fused-ring (bicyclic) bond motifs is 6. The highest BCUT2D eigenvalue weighted by atomic mass is 16.5. The second-order valence-corrected chi connectivity index (χ2v) is 9.42. The summed E-state index contributed by atoms with van der Waals surface area (Å²) in [7, 11) is 0. The molecule has 4 atom stereocenters. The van der Waals surface area contributed by atoms with Crippen molar-refractivity contribution in [3.05, 3.63) is 57.3 Å². The van der Waals surface area contributed by atoms with Crippen LogP contribution in [0.3, 0.4) is 0 Å². The average molecular weight is 419 g/mol. The van der Waals surface area contributed by atoms with Gasteiger partial charge < -0.3 is 19.2 Å². The van der Waals surface area contributed by atoms with Crippen LogP contribution in [-0.4, -0.2) is 63.6 Å². The molecule has 31 heavy (non-hydrogen) atoms. The number of hydrogen-bond acceptors (Lipinski definition) is 5. The van der Waals surface area contributed by atoms with Crippen LogP contribution < -0.4 is 5.56 Å². The van der Waals surface area contributed by atoms with Gasteiger partial charge in [0.25, 0.3) is 11.5 Å². The number of aromatic amines is 1. The molecule has 8 heteroatoms. The summed E-state index contributed by atoms with van der Waals surface area (Å²) in [4.78, 5) is 33.6. The second kappa shape index (κ2) is 7.08.